The van der Waals surface area contributed by atoms with E-state index in [1.807, 2.05) is 6.92 Å². The first-order valence-electron chi connectivity index (χ1n) is 5.35. The molecule has 4 nitrogen and oxygen atoms in total. The molecule has 2 atom stereocenters. The monoisotopic (exact) mass is 339 g/mol. The molecule has 0 aromatic carbocycles. The fraction of sp³-hybridized carbons (Fsp3) is 0.600. The van der Waals surface area contributed by atoms with E-state index < -0.39 is 16.1 Å². The van der Waals surface area contributed by atoms with E-state index in [9.17, 15) is 13.5 Å². The van der Waals surface area contributed by atoms with Crippen LogP contribution >= 0.6 is 27.3 Å². The molecule has 0 bridgehead atoms. The summed E-state index contributed by atoms with van der Waals surface area (Å²) < 4.78 is 27.0. The lowest BCUT2D eigenvalue weighted by atomic mass is 9.98. The smallest absolute Gasteiger partial charge is 0.252 e. The Hall–Kier alpha value is 0.0500. The summed E-state index contributed by atoms with van der Waals surface area (Å²) in [5.74, 6) is 0.163. The Kier molecular flexibility index (Phi) is 3.94. The standard InChI is InChI=1S/C10H14BrNO3S2/c1-7-4-5-12(6-8(7)13)17(14,15)10-3-2-9(11)16-10/h2-3,7-8,13H,4-6H2,1H3. The summed E-state index contributed by atoms with van der Waals surface area (Å²) >= 11 is 4.45. The van der Waals surface area contributed by atoms with Crippen molar-refractivity contribution in [3.63, 3.8) is 0 Å². The molecule has 1 N–H and O–H groups in total. The predicted octanol–water partition coefficient (Wildman–Crippen LogP) is 1.90. The van der Waals surface area contributed by atoms with Crippen molar-refractivity contribution in [1.82, 2.24) is 4.31 Å². The third kappa shape index (κ3) is 2.73. The first-order valence-corrected chi connectivity index (χ1v) is 8.40. The van der Waals surface area contributed by atoms with Gasteiger partial charge in [0.2, 0.25) is 0 Å². The van der Waals surface area contributed by atoms with Crippen molar-refractivity contribution < 1.29 is 13.5 Å². The number of aliphatic hydroxyl groups excluding tert-OH is 1. The highest BCUT2D eigenvalue weighted by Gasteiger charge is 2.33. The Morgan fingerprint density at radius 3 is 2.76 bits per heavy atom. The average Bonchev–Trinajstić information content (AvgIpc) is 2.69. The molecule has 2 unspecified atom stereocenters. The van der Waals surface area contributed by atoms with Gasteiger partial charge < -0.3 is 5.11 Å². The van der Waals surface area contributed by atoms with Gasteiger partial charge >= 0.3 is 0 Å². The maximum atomic E-state index is 12.3. The van der Waals surface area contributed by atoms with Gasteiger partial charge in [-0.15, -0.1) is 11.3 Å². The molecule has 0 spiro atoms. The SMILES string of the molecule is CC1CCN(S(=O)(=O)c2ccc(Br)s2)CC1O. The molecule has 1 aliphatic heterocycles. The average molecular weight is 340 g/mol. The van der Waals surface area contributed by atoms with Gasteiger partial charge in [-0.25, -0.2) is 8.42 Å². The van der Waals surface area contributed by atoms with E-state index in [0.29, 0.717) is 17.2 Å². The molecular weight excluding hydrogens is 326 g/mol. The van der Waals surface area contributed by atoms with Gasteiger partial charge in [-0.05, 0) is 40.4 Å². The second-order valence-electron chi connectivity index (χ2n) is 4.25. The summed E-state index contributed by atoms with van der Waals surface area (Å²) in [6.45, 7) is 2.62. The van der Waals surface area contributed by atoms with Crippen molar-refractivity contribution in [2.75, 3.05) is 13.1 Å². The molecule has 2 heterocycles. The molecule has 1 fully saturated rings. The van der Waals surface area contributed by atoms with Crippen LogP contribution in [-0.4, -0.2) is 37.0 Å². The Balaban J connectivity index is 2.22. The number of nitrogens with zero attached hydrogens (tertiary/aromatic N) is 1. The summed E-state index contributed by atoms with van der Waals surface area (Å²) in [5.41, 5.74) is 0. The second kappa shape index (κ2) is 4.97. The molecule has 17 heavy (non-hydrogen) atoms. The lowest BCUT2D eigenvalue weighted by molar-refractivity contribution is 0.0606. The summed E-state index contributed by atoms with van der Waals surface area (Å²) in [6.07, 6.45) is 0.134. The molecule has 96 valence electrons. The topological polar surface area (TPSA) is 57.6 Å². The van der Waals surface area contributed by atoms with Crippen molar-refractivity contribution in [2.24, 2.45) is 5.92 Å². The van der Waals surface area contributed by atoms with E-state index in [0.717, 1.165) is 3.79 Å². The molecule has 1 saturated heterocycles. The second-order valence-corrected chi connectivity index (χ2v) is 8.88. The van der Waals surface area contributed by atoms with E-state index in [2.05, 4.69) is 15.9 Å². The number of thiophene rings is 1. The molecule has 1 aliphatic rings. The number of sulfonamides is 1. The highest BCUT2D eigenvalue weighted by Crippen LogP contribution is 2.30. The molecule has 0 radical (unpaired) electrons. The predicted molar refractivity (Wildman–Crippen MR) is 70.6 cm³/mol. The maximum absolute atomic E-state index is 12.3. The van der Waals surface area contributed by atoms with Gasteiger partial charge in [0.25, 0.3) is 10.0 Å². The van der Waals surface area contributed by atoms with Crippen LogP contribution in [0, 0.1) is 5.92 Å². The van der Waals surface area contributed by atoms with Gasteiger partial charge in [0, 0.05) is 13.1 Å². The molecule has 0 aliphatic carbocycles. The van der Waals surface area contributed by atoms with Crippen molar-refractivity contribution in [2.45, 2.75) is 23.7 Å². The third-order valence-corrected chi connectivity index (χ3v) is 6.98. The van der Waals surface area contributed by atoms with E-state index in [-0.39, 0.29) is 12.5 Å². The third-order valence-electron chi connectivity index (χ3n) is 3.02. The van der Waals surface area contributed by atoms with Crippen LogP contribution in [0.3, 0.4) is 0 Å². The summed E-state index contributed by atoms with van der Waals surface area (Å²) in [4.78, 5) is 0. The van der Waals surface area contributed by atoms with Crippen LogP contribution in [0.15, 0.2) is 20.1 Å². The van der Waals surface area contributed by atoms with Gasteiger partial charge in [0.1, 0.15) is 4.21 Å². The Morgan fingerprint density at radius 2 is 2.24 bits per heavy atom. The number of hydrogen-bond acceptors (Lipinski definition) is 4. The lowest BCUT2D eigenvalue weighted by Crippen LogP contribution is -2.45. The zero-order valence-electron chi connectivity index (χ0n) is 9.34. The molecule has 1 aromatic heterocycles. The van der Waals surface area contributed by atoms with Crippen molar-refractivity contribution in [1.29, 1.82) is 0 Å². The number of aliphatic hydroxyl groups is 1. The Bertz CT molecular complexity index is 499. The normalized spacial score (nSPS) is 27.2. The van der Waals surface area contributed by atoms with Gasteiger partial charge in [0.15, 0.2) is 0 Å². The number of rotatable bonds is 2. The number of hydrogen-bond donors (Lipinski definition) is 1. The lowest BCUT2D eigenvalue weighted by Gasteiger charge is -2.32. The van der Waals surface area contributed by atoms with E-state index in [4.69, 9.17) is 0 Å². The molecule has 0 amide bonds. The highest BCUT2D eigenvalue weighted by atomic mass is 79.9. The first-order chi connectivity index (χ1) is 7.91. The van der Waals surface area contributed by atoms with Crippen LogP contribution < -0.4 is 0 Å². The van der Waals surface area contributed by atoms with Crippen molar-refractivity contribution in [3.8, 4) is 0 Å². The van der Waals surface area contributed by atoms with Crippen molar-refractivity contribution >= 4 is 37.3 Å². The molecule has 7 heteroatoms. The summed E-state index contributed by atoms with van der Waals surface area (Å²) in [7, 11) is -3.44. The fourth-order valence-electron chi connectivity index (χ4n) is 1.80. The zero-order valence-corrected chi connectivity index (χ0v) is 12.6. The maximum Gasteiger partial charge on any atom is 0.252 e. The number of piperidine rings is 1. The number of halogens is 1. The summed E-state index contributed by atoms with van der Waals surface area (Å²) in [5, 5.41) is 9.75. The highest BCUT2D eigenvalue weighted by molar-refractivity contribution is 9.11. The molecule has 0 saturated carbocycles. The molecule has 1 aromatic rings. The van der Waals surface area contributed by atoms with Gasteiger partial charge in [-0.1, -0.05) is 6.92 Å². The Morgan fingerprint density at radius 1 is 1.53 bits per heavy atom. The molecular formula is C10H14BrNO3S2. The van der Waals surface area contributed by atoms with Gasteiger partial charge in [-0.3, -0.25) is 0 Å². The van der Waals surface area contributed by atoms with Crippen LogP contribution in [-0.2, 0) is 10.0 Å². The van der Waals surface area contributed by atoms with Gasteiger partial charge in [0.05, 0.1) is 9.89 Å². The largest absolute Gasteiger partial charge is 0.391 e. The van der Waals surface area contributed by atoms with Crippen LogP contribution in [0.1, 0.15) is 13.3 Å². The van der Waals surface area contributed by atoms with Crippen LogP contribution in [0.2, 0.25) is 0 Å². The number of β-amino-alcohol motifs (C(OH)–C–C–N with tert-alkyl or cyclic N) is 1. The minimum Gasteiger partial charge on any atom is -0.391 e. The van der Waals surface area contributed by atoms with E-state index in [1.165, 1.54) is 15.6 Å². The molecule has 2 rings (SSSR count). The Labute approximate surface area is 113 Å². The van der Waals surface area contributed by atoms with Crippen LogP contribution in [0.25, 0.3) is 0 Å². The van der Waals surface area contributed by atoms with Crippen molar-refractivity contribution in [3.05, 3.63) is 15.9 Å². The first kappa shape index (κ1) is 13.5. The zero-order chi connectivity index (χ0) is 12.6. The van der Waals surface area contributed by atoms with E-state index in [1.54, 1.807) is 12.1 Å². The van der Waals surface area contributed by atoms with Crippen LogP contribution in [0.4, 0.5) is 0 Å². The van der Waals surface area contributed by atoms with Gasteiger partial charge in [-0.2, -0.15) is 4.31 Å². The quantitative estimate of drug-likeness (QED) is 0.895. The van der Waals surface area contributed by atoms with Crippen LogP contribution in [0.5, 0.6) is 0 Å². The van der Waals surface area contributed by atoms with E-state index >= 15 is 0 Å². The minimum atomic E-state index is -3.44. The summed E-state index contributed by atoms with van der Waals surface area (Å²) in [6, 6.07) is 3.31. The minimum absolute atomic E-state index is 0.163. The fourth-order valence-corrected chi connectivity index (χ4v) is 5.44.